The molecule has 0 aliphatic heterocycles. The zero-order chi connectivity index (χ0) is 14.1. The molecule has 0 saturated heterocycles. The molecule has 18 heavy (non-hydrogen) atoms. The van der Waals surface area contributed by atoms with Crippen LogP contribution in [0.5, 0.6) is 0 Å². The number of amides is 1. The number of hydrogen-bond acceptors (Lipinski definition) is 5. The van der Waals surface area contributed by atoms with Gasteiger partial charge in [-0.2, -0.15) is 0 Å². The first-order valence-electron chi connectivity index (χ1n) is 6.29. The molecule has 0 aromatic heterocycles. The van der Waals surface area contributed by atoms with Crippen LogP contribution in [-0.2, 0) is 14.3 Å². The maximum absolute atomic E-state index is 12.0. The van der Waals surface area contributed by atoms with Crippen molar-refractivity contribution in [1.29, 1.82) is 0 Å². The van der Waals surface area contributed by atoms with Crippen LogP contribution in [0.2, 0.25) is 0 Å². The summed E-state index contributed by atoms with van der Waals surface area (Å²) in [6, 6.07) is -1.20. The van der Waals surface area contributed by atoms with Gasteiger partial charge in [0.1, 0.15) is 0 Å². The van der Waals surface area contributed by atoms with E-state index < -0.39 is 12.0 Å². The van der Waals surface area contributed by atoms with Crippen LogP contribution in [-0.4, -0.2) is 68.1 Å². The lowest BCUT2D eigenvalue weighted by Crippen LogP contribution is -2.49. The summed E-state index contributed by atoms with van der Waals surface area (Å²) in [6.07, 6.45) is 0.849. The van der Waals surface area contributed by atoms with Gasteiger partial charge in [0.15, 0.2) is 6.04 Å². The Kier molecular flexibility index (Phi) is 8.32. The second kappa shape index (κ2) is 8.88. The maximum atomic E-state index is 12.0. The lowest BCUT2D eigenvalue weighted by Gasteiger charge is -2.24. The van der Waals surface area contributed by atoms with Gasteiger partial charge in [-0.05, 0) is 40.9 Å². The zero-order valence-electron chi connectivity index (χ0n) is 11.8. The van der Waals surface area contributed by atoms with Crippen molar-refractivity contribution in [2.24, 2.45) is 5.73 Å². The van der Waals surface area contributed by atoms with Gasteiger partial charge in [-0.1, -0.05) is 0 Å². The third-order valence-electron chi connectivity index (χ3n) is 2.53. The van der Waals surface area contributed by atoms with E-state index in [0.29, 0.717) is 13.1 Å². The second-order valence-corrected chi connectivity index (χ2v) is 4.30. The van der Waals surface area contributed by atoms with E-state index in [4.69, 9.17) is 10.5 Å². The molecule has 0 aromatic carbocycles. The van der Waals surface area contributed by atoms with Gasteiger partial charge < -0.3 is 20.3 Å². The molecule has 0 aliphatic carbocycles. The Bertz CT molecular complexity index is 269. The number of esters is 1. The molecule has 0 aromatic rings. The molecule has 0 radical (unpaired) electrons. The van der Waals surface area contributed by atoms with Crippen LogP contribution in [0.25, 0.3) is 0 Å². The fourth-order valence-corrected chi connectivity index (χ4v) is 1.53. The van der Waals surface area contributed by atoms with Crippen LogP contribution in [0.3, 0.4) is 0 Å². The number of rotatable bonds is 8. The summed E-state index contributed by atoms with van der Waals surface area (Å²) < 4.78 is 4.74. The summed E-state index contributed by atoms with van der Waals surface area (Å²) in [5, 5.41) is 0. The summed E-state index contributed by atoms with van der Waals surface area (Å²) in [6.45, 7) is 5.81. The van der Waals surface area contributed by atoms with Crippen molar-refractivity contribution in [3.8, 4) is 0 Å². The summed E-state index contributed by atoms with van der Waals surface area (Å²) in [4.78, 5) is 27.0. The first kappa shape index (κ1) is 16.9. The van der Waals surface area contributed by atoms with Crippen molar-refractivity contribution in [2.45, 2.75) is 26.3 Å². The molecule has 6 heteroatoms. The molecule has 1 atom stereocenters. The average Bonchev–Trinajstić information content (AvgIpc) is 2.33. The lowest BCUT2D eigenvalue weighted by atomic mass is 10.2. The minimum absolute atomic E-state index is 0.229. The van der Waals surface area contributed by atoms with E-state index in [1.165, 1.54) is 0 Å². The third-order valence-corrected chi connectivity index (χ3v) is 2.53. The number of likely N-dealkylation sites (N-methyl/N-ethyl adjacent to an activating group) is 1. The molecule has 0 rings (SSSR count). The van der Waals surface area contributed by atoms with E-state index in [1.54, 1.807) is 11.8 Å². The summed E-state index contributed by atoms with van der Waals surface area (Å²) in [5.74, 6) is -1.02. The molecule has 1 amide bonds. The normalized spacial score (nSPS) is 12.3. The first-order valence-corrected chi connectivity index (χ1v) is 6.29. The minimum Gasteiger partial charge on any atom is -0.464 e. The monoisotopic (exact) mass is 259 g/mol. The molecule has 0 spiro atoms. The summed E-state index contributed by atoms with van der Waals surface area (Å²) in [5.41, 5.74) is 5.58. The second-order valence-electron chi connectivity index (χ2n) is 4.30. The molecule has 0 aliphatic rings. The van der Waals surface area contributed by atoms with E-state index in [9.17, 15) is 9.59 Å². The molecule has 106 valence electrons. The number of ether oxygens (including phenoxy) is 1. The fourth-order valence-electron chi connectivity index (χ4n) is 1.53. The molecule has 0 fully saturated rings. The van der Waals surface area contributed by atoms with Crippen LogP contribution >= 0.6 is 0 Å². The highest BCUT2D eigenvalue weighted by atomic mass is 16.5. The maximum Gasteiger partial charge on any atom is 0.332 e. The Morgan fingerprint density at radius 1 is 1.22 bits per heavy atom. The topological polar surface area (TPSA) is 75.9 Å². The molecule has 0 heterocycles. The lowest BCUT2D eigenvalue weighted by molar-refractivity contribution is -0.150. The number of nitrogens with zero attached hydrogens (tertiary/aromatic N) is 2. The number of carbonyl (C=O) groups excluding carboxylic acids is 2. The van der Waals surface area contributed by atoms with E-state index >= 15 is 0 Å². The molecule has 0 bridgehead atoms. The van der Waals surface area contributed by atoms with Crippen molar-refractivity contribution < 1.29 is 14.3 Å². The van der Waals surface area contributed by atoms with Gasteiger partial charge >= 0.3 is 5.97 Å². The van der Waals surface area contributed by atoms with Crippen LogP contribution in [0.4, 0.5) is 0 Å². The van der Waals surface area contributed by atoms with Crippen molar-refractivity contribution in [2.75, 3.05) is 40.3 Å². The Morgan fingerprint density at radius 2 is 1.83 bits per heavy atom. The molecule has 0 saturated carbocycles. The Labute approximate surface area is 109 Å². The Hall–Kier alpha value is -1.14. The van der Waals surface area contributed by atoms with Crippen LogP contribution in [0.15, 0.2) is 0 Å². The standard InChI is InChI=1S/C12H25N3O3/c1-5-15(9-7-8-14(3)4)11(16)10(13)12(17)18-6-2/h10H,5-9,13H2,1-4H3. The number of nitrogens with two attached hydrogens (primary N) is 1. The highest BCUT2D eigenvalue weighted by molar-refractivity contribution is 6.01. The minimum atomic E-state index is -1.20. The van der Waals surface area contributed by atoms with Gasteiger partial charge in [-0.25, -0.2) is 4.79 Å². The van der Waals surface area contributed by atoms with Gasteiger partial charge in [0.05, 0.1) is 6.61 Å². The van der Waals surface area contributed by atoms with Gasteiger partial charge in [-0.15, -0.1) is 0 Å². The highest BCUT2D eigenvalue weighted by Crippen LogP contribution is 1.98. The summed E-state index contributed by atoms with van der Waals surface area (Å²) >= 11 is 0. The highest BCUT2D eigenvalue weighted by Gasteiger charge is 2.27. The molecule has 6 nitrogen and oxygen atoms in total. The van der Waals surface area contributed by atoms with Gasteiger partial charge in [0, 0.05) is 13.1 Å². The SMILES string of the molecule is CCOC(=O)C(N)C(=O)N(CC)CCCN(C)C. The van der Waals surface area contributed by atoms with Crippen LogP contribution < -0.4 is 5.73 Å². The van der Waals surface area contributed by atoms with E-state index in [1.807, 2.05) is 25.9 Å². The van der Waals surface area contributed by atoms with Crippen molar-refractivity contribution in [3.05, 3.63) is 0 Å². The first-order chi connectivity index (χ1) is 8.43. The van der Waals surface area contributed by atoms with Crippen LogP contribution in [0.1, 0.15) is 20.3 Å². The predicted molar refractivity (Wildman–Crippen MR) is 70.0 cm³/mol. The Morgan fingerprint density at radius 3 is 2.28 bits per heavy atom. The van der Waals surface area contributed by atoms with E-state index in [-0.39, 0.29) is 12.5 Å². The zero-order valence-corrected chi connectivity index (χ0v) is 11.8. The predicted octanol–water partition coefficient (Wildman–Crippen LogP) is -0.323. The third kappa shape index (κ3) is 5.97. The van der Waals surface area contributed by atoms with E-state index in [0.717, 1.165) is 13.0 Å². The Balaban J connectivity index is 4.28. The largest absolute Gasteiger partial charge is 0.464 e. The average molecular weight is 259 g/mol. The van der Waals surface area contributed by atoms with Crippen molar-refractivity contribution in [3.63, 3.8) is 0 Å². The molecule has 2 N–H and O–H groups in total. The molecular formula is C12H25N3O3. The molecule has 1 unspecified atom stereocenters. The van der Waals surface area contributed by atoms with Crippen molar-refractivity contribution in [1.82, 2.24) is 9.80 Å². The summed E-state index contributed by atoms with van der Waals surface area (Å²) in [7, 11) is 3.95. The van der Waals surface area contributed by atoms with Crippen LogP contribution in [0, 0.1) is 0 Å². The van der Waals surface area contributed by atoms with Crippen molar-refractivity contribution >= 4 is 11.9 Å². The fraction of sp³-hybridized carbons (Fsp3) is 0.833. The van der Waals surface area contributed by atoms with Gasteiger partial charge in [0.2, 0.25) is 0 Å². The molecular weight excluding hydrogens is 234 g/mol. The quantitative estimate of drug-likeness (QED) is 0.477. The van der Waals surface area contributed by atoms with E-state index in [2.05, 4.69) is 0 Å². The van der Waals surface area contributed by atoms with Gasteiger partial charge in [-0.3, -0.25) is 4.79 Å². The number of carbonyl (C=O) groups is 2. The smallest absolute Gasteiger partial charge is 0.332 e. The van der Waals surface area contributed by atoms with Gasteiger partial charge in [0.25, 0.3) is 5.91 Å². The number of hydrogen-bond donors (Lipinski definition) is 1.